The molecule has 1 aliphatic heterocycles. The van der Waals surface area contributed by atoms with E-state index >= 15 is 0 Å². The Morgan fingerprint density at radius 1 is 1.26 bits per heavy atom. The van der Waals surface area contributed by atoms with E-state index < -0.39 is 0 Å². The summed E-state index contributed by atoms with van der Waals surface area (Å²) in [7, 11) is 0. The lowest BCUT2D eigenvalue weighted by molar-refractivity contribution is 0.0420. The van der Waals surface area contributed by atoms with Crippen molar-refractivity contribution in [3.63, 3.8) is 0 Å². The standard InChI is InChI=1S/C18H35N3O2/c1-3-18(9-5-6-10-18)15-21-17(19-4-2)20-11-7-12-23-16-8-13-22-14-16/h16H,3-15H2,1-2H3,(H2,19,20,21). The number of hydrogen-bond acceptors (Lipinski definition) is 3. The van der Waals surface area contributed by atoms with Gasteiger partial charge in [-0.2, -0.15) is 0 Å². The Bertz CT molecular complexity index is 348. The van der Waals surface area contributed by atoms with Gasteiger partial charge in [0.05, 0.1) is 12.7 Å². The monoisotopic (exact) mass is 325 g/mol. The quantitative estimate of drug-likeness (QED) is 0.389. The van der Waals surface area contributed by atoms with Crippen molar-refractivity contribution in [1.29, 1.82) is 0 Å². The molecule has 0 aromatic heterocycles. The van der Waals surface area contributed by atoms with E-state index in [0.29, 0.717) is 11.5 Å². The summed E-state index contributed by atoms with van der Waals surface area (Å²) in [4.78, 5) is 4.85. The van der Waals surface area contributed by atoms with E-state index in [2.05, 4.69) is 24.5 Å². The second kappa shape index (κ2) is 10.1. The van der Waals surface area contributed by atoms with Gasteiger partial charge in [0.1, 0.15) is 0 Å². The van der Waals surface area contributed by atoms with Crippen LogP contribution in [0.15, 0.2) is 4.99 Å². The zero-order valence-electron chi connectivity index (χ0n) is 15.0. The van der Waals surface area contributed by atoms with E-state index in [-0.39, 0.29) is 0 Å². The molecule has 2 rings (SSSR count). The van der Waals surface area contributed by atoms with Gasteiger partial charge in [0.15, 0.2) is 5.96 Å². The predicted molar refractivity (Wildman–Crippen MR) is 95.0 cm³/mol. The van der Waals surface area contributed by atoms with Gasteiger partial charge in [-0.3, -0.25) is 4.99 Å². The van der Waals surface area contributed by atoms with E-state index in [1.165, 1.54) is 32.1 Å². The van der Waals surface area contributed by atoms with Crippen molar-refractivity contribution in [3.8, 4) is 0 Å². The maximum atomic E-state index is 5.79. The van der Waals surface area contributed by atoms with E-state index in [9.17, 15) is 0 Å². The molecule has 23 heavy (non-hydrogen) atoms. The summed E-state index contributed by atoms with van der Waals surface area (Å²) >= 11 is 0. The highest BCUT2D eigenvalue weighted by atomic mass is 16.5. The molecule has 1 saturated carbocycles. The number of nitrogens with zero attached hydrogens (tertiary/aromatic N) is 1. The maximum absolute atomic E-state index is 5.79. The first-order valence-corrected chi connectivity index (χ1v) is 9.49. The van der Waals surface area contributed by atoms with E-state index in [4.69, 9.17) is 14.5 Å². The normalized spacial score (nSPS) is 24.1. The number of ether oxygens (including phenoxy) is 2. The van der Waals surface area contributed by atoms with Crippen LogP contribution in [0.25, 0.3) is 0 Å². The molecule has 0 spiro atoms. The van der Waals surface area contributed by atoms with Gasteiger partial charge >= 0.3 is 0 Å². The number of rotatable bonds is 9. The number of aliphatic imine (C=N–C) groups is 1. The van der Waals surface area contributed by atoms with E-state index in [1.807, 2.05) is 0 Å². The number of guanidine groups is 1. The molecule has 5 heteroatoms. The third-order valence-electron chi connectivity index (χ3n) is 5.19. The molecule has 5 nitrogen and oxygen atoms in total. The minimum Gasteiger partial charge on any atom is -0.379 e. The lowest BCUT2D eigenvalue weighted by Gasteiger charge is -2.25. The third-order valence-corrected chi connectivity index (χ3v) is 5.19. The summed E-state index contributed by atoms with van der Waals surface area (Å²) in [6.07, 6.45) is 9.01. The average Bonchev–Trinajstić information content (AvgIpc) is 3.24. The second-order valence-electron chi connectivity index (χ2n) is 6.89. The SMILES string of the molecule is CCNC(=NCC1(CC)CCCC1)NCCCOC1CCOC1. The van der Waals surface area contributed by atoms with Gasteiger partial charge in [-0.1, -0.05) is 19.8 Å². The van der Waals surface area contributed by atoms with Crippen molar-refractivity contribution in [2.24, 2.45) is 10.4 Å². The zero-order chi connectivity index (χ0) is 16.4. The fourth-order valence-electron chi connectivity index (χ4n) is 3.51. The molecule has 2 fully saturated rings. The van der Waals surface area contributed by atoms with Crippen LogP contribution in [0.2, 0.25) is 0 Å². The summed E-state index contributed by atoms with van der Waals surface area (Å²) in [6.45, 7) is 9.58. The topological polar surface area (TPSA) is 54.9 Å². The molecular weight excluding hydrogens is 290 g/mol. The summed E-state index contributed by atoms with van der Waals surface area (Å²) in [6, 6.07) is 0. The smallest absolute Gasteiger partial charge is 0.191 e. The summed E-state index contributed by atoms with van der Waals surface area (Å²) < 4.78 is 11.1. The molecular formula is C18H35N3O2. The van der Waals surface area contributed by atoms with Crippen LogP contribution in [0.5, 0.6) is 0 Å². The van der Waals surface area contributed by atoms with Crippen molar-refractivity contribution in [2.75, 3.05) is 39.5 Å². The molecule has 1 heterocycles. The highest BCUT2D eigenvalue weighted by Crippen LogP contribution is 2.41. The van der Waals surface area contributed by atoms with Crippen LogP contribution in [-0.2, 0) is 9.47 Å². The lowest BCUT2D eigenvalue weighted by atomic mass is 9.84. The molecule has 1 atom stereocenters. The fraction of sp³-hybridized carbons (Fsp3) is 0.944. The van der Waals surface area contributed by atoms with E-state index in [0.717, 1.165) is 58.3 Å². The first kappa shape index (κ1) is 18.5. The Morgan fingerprint density at radius 2 is 2.09 bits per heavy atom. The molecule has 1 saturated heterocycles. The Balaban J connectivity index is 1.66. The van der Waals surface area contributed by atoms with Gasteiger partial charge in [0.25, 0.3) is 0 Å². The van der Waals surface area contributed by atoms with Crippen LogP contribution in [-0.4, -0.2) is 51.5 Å². The second-order valence-corrected chi connectivity index (χ2v) is 6.89. The summed E-state index contributed by atoms with van der Waals surface area (Å²) in [5.74, 6) is 0.955. The van der Waals surface area contributed by atoms with Crippen LogP contribution >= 0.6 is 0 Å². The molecule has 0 amide bonds. The van der Waals surface area contributed by atoms with Crippen molar-refractivity contribution in [2.45, 2.75) is 64.9 Å². The van der Waals surface area contributed by atoms with Gasteiger partial charge in [-0.25, -0.2) is 0 Å². The fourth-order valence-corrected chi connectivity index (χ4v) is 3.51. The highest BCUT2D eigenvalue weighted by Gasteiger charge is 2.31. The first-order chi connectivity index (χ1) is 11.3. The van der Waals surface area contributed by atoms with Gasteiger partial charge in [-0.15, -0.1) is 0 Å². The molecule has 0 aromatic rings. The molecule has 0 radical (unpaired) electrons. The Kier molecular flexibility index (Phi) is 8.17. The summed E-state index contributed by atoms with van der Waals surface area (Å²) in [5, 5.41) is 6.80. The highest BCUT2D eigenvalue weighted by molar-refractivity contribution is 5.79. The van der Waals surface area contributed by atoms with Crippen LogP contribution in [0.1, 0.15) is 58.8 Å². The molecule has 2 N–H and O–H groups in total. The molecule has 1 aliphatic carbocycles. The molecule has 2 aliphatic rings. The molecule has 0 bridgehead atoms. The van der Waals surface area contributed by atoms with Crippen LogP contribution in [0.4, 0.5) is 0 Å². The Hall–Kier alpha value is -0.810. The minimum atomic E-state index is 0.309. The molecule has 0 aromatic carbocycles. The van der Waals surface area contributed by atoms with Gasteiger partial charge in [0.2, 0.25) is 0 Å². The predicted octanol–water partition coefficient (Wildman–Crippen LogP) is 2.71. The lowest BCUT2D eigenvalue weighted by Crippen LogP contribution is -2.39. The largest absolute Gasteiger partial charge is 0.379 e. The molecule has 134 valence electrons. The number of hydrogen-bond donors (Lipinski definition) is 2. The Labute approximate surface area is 141 Å². The zero-order valence-corrected chi connectivity index (χ0v) is 15.0. The third kappa shape index (κ3) is 6.30. The van der Waals surface area contributed by atoms with Crippen LogP contribution in [0.3, 0.4) is 0 Å². The maximum Gasteiger partial charge on any atom is 0.191 e. The van der Waals surface area contributed by atoms with Crippen molar-refractivity contribution < 1.29 is 9.47 Å². The first-order valence-electron chi connectivity index (χ1n) is 9.49. The molecule has 1 unspecified atom stereocenters. The summed E-state index contributed by atoms with van der Waals surface area (Å²) in [5.41, 5.74) is 0.452. The average molecular weight is 325 g/mol. The van der Waals surface area contributed by atoms with Gasteiger partial charge in [0, 0.05) is 32.8 Å². The minimum absolute atomic E-state index is 0.309. The van der Waals surface area contributed by atoms with Crippen LogP contribution < -0.4 is 10.6 Å². The van der Waals surface area contributed by atoms with Gasteiger partial charge in [-0.05, 0) is 44.4 Å². The van der Waals surface area contributed by atoms with Crippen LogP contribution in [0, 0.1) is 5.41 Å². The number of nitrogens with one attached hydrogen (secondary N) is 2. The van der Waals surface area contributed by atoms with Crippen molar-refractivity contribution in [1.82, 2.24) is 10.6 Å². The van der Waals surface area contributed by atoms with Gasteiger partial charge < -0.3 is 20.1 Å². The Morgan fingerprint density at radius 3 is 2.74 bits per heavy atom. The van der Waals surface area contributed by atoms with E-state index in [1.54, 1.807) is 0 Å². The van der Waals surface area contributed by atoms with Crippen molar-refractivity contribution in [3.05, 3.63) is 0 Å². The van der Waals surface area contributed by atoms with Crippen molar-refractivity contribution >= 4 is 5.96 Å².